The number of halogens is 1. The lowest BCUT2D eigenvalue weighted by Crippen LogP contribution is -2.38. The zero-order valence-electron chi connectivity index (χ0n) is 17.3. The lowest BCUT2D eigenvalue weighted by atomic mass is 9.73. The summed E-state index contributed by atoms with van der Waals surface area (Å²) in [6.07, 6.45) is 1.78. The molecule has 0 aromatic heterocycles. The Morgan fingerprint density at radius 2 is 1.62 bits per heavy atom. The largest absolute Gasteiger partial charge is 0.456 e. The molecule has 0 radical (unpaired) electrons. The molecule has 32 heavy (non-hydrogen) atoms. The number of Topliss-reactive ketones (excluding diaryl/α,β-unsaturated/α-hetero) is 1. The zero-order valence-corrected chi connectivity index (χ0v) is 18.9. The van der Waals surface area contributed by atoms with Crippen LogP contribution in [-0.4, -0.2) is 41.6 Å². The first-order valence-electron chi connectivity index (χ1n) is 10.8. The number of nitrogens with zero attached hydrogens (tertiary/aromatic N) is 1. The topological polar surface area (TPSA) is 80.8 Å². The van der Waals surface area contributed by atoms with Crippen LogP contribution in [0.4, 0.5) is 0 Å². The molecule has 7 heteroatoms. The maximum absolute atomic E-state index is 13.1. The molecule has 2 aliphatic carbocycles. The van der Waals surface area contributed by atoms with E-state index in [0.717, 1.165) is 22.2 Å². The summed E-state index contributed by atoms with van der Waals surface area (Å²) in [6.45, 7) is -0.862. The summed E-state index contributed by atoms with van der Waals surface area (Å²) in [7, 11) is 0. The fourth-order valence-electron chi connectivity index (χ4n) is 5.80. The molecular formula is C25H22BrNO5. The second kappa shape index (κ2) is 8.28. The van der Waals surface area contributed by atoms with Crippen LogP contribution in [0.5, 0.6) is 0 Å². The first kappa shape index (κ1) is 21.1. The van der Waals surface area contributed by atoms with Crippen LogP contribution in [0.1, 0.15) is 34.7 Å². The lowest BCUT2D eigenvalue weighted by Gasteiger charge is -2.28. The number of hydrogen-bond acceptors (Lipinski definition) is 5. The van der Waals surface area contributed by atoms with Crippen LogP contribution < -0.4 is 0 Å². The van der Waals surface area contributed by atoms with Gasteiger partial charge < -0.3 is 4.74 Å². The van der Waals surface area contributed by atoms with Gasteiger partial charge in [-0.15, -0.1) is 0 Å². The molecule has 2 saturated carbocycles. The van der Waals surface area contributed by atoms with Crippen LogP contribution >= 0.6 is 15.9 Å². The molecule has 1 saturated heterocycles. The number of imide groups is 1. The van der Waals surface area contributed by atoms with E-state index < -0.39 is 19.1 Å². The minimum Gasteiger partial charge on any atom is -0.456 e. The molecule has 0 spiro atoms. The smallest absolute Gasteiger partial charge is 0.326 e. The highest BCUT2D eigenvalue weighted by molar-refractivity contribution is 9.10. The Morgan fingerprint density at radius 1 is 0.938 bits per heavy atom. The predicted molar refractivity (Wildman–Crippen MR) is 119 cm³/mol. The van der Waals surface area contributed by atoms with E-state index in [1.165, 1.54) is 5.56 Å². The summed E-state index contributed by atoms with van der Waals surface area (Å²) in [5, 5.41) is 0. The van der Waals surface area contributed by atoms with E-state index in [9.17, 15) is 19.2 Å². The fraction of sp³-hybridized carbons (Fsp3) is 0.360. The first-order chi connectivity index (χ1) is 15.4. The number of carbonyl (C=O) groups excluding carboxylic acids is 4. The summed E-state index contributed by atoms with van der Waals surface area (Å²) in [5.41, 5.74) is 1.63. The molecule has 1 heterocycles. The van der Waals surface area contributed by atoms with Crippen molar-refractivity contribution in [1.82, 2.24) is 4.90 Å². The number of fused-ring (bicyclic) bond motifs is 5. The van der Waals surface area contributed by atoms with Gasteiger partial charge in [0.2, 0.25) is 11.8 Å². The second-order valence-corrected chi connectivity index (χ2v) is 9.73. The number of rotatable bonds is 6. The Hall–Kier alpha value is -2.80. The van der Waals surface area contributed by atoms with Crippen molar-refractivity contribution >= 4 is 39.5 Å². The standard InChI is InChI=1S/C25H22BrNO5/c26-17-8-6-15(7-9-17)20(28)13-32-21(29)12-27-24(30)22-16-10-18(14-4-2-1-3-5-14)19(11-16)23(22)25(27)31/h1-9,16,18-19,22-23H,10-13H2/t16-,18+,19+,22+,23-/m0/s1. The summed E-state index contributed by atoms with van der Waals surface area (Å²) in [6, 6.07) is 16.9. The van der Waals surface area contributed by atoms with Gasteiger partial charge in [-0.1, -0.05) is 58.4 Å². The molecule has 0 unspecified atom stereocenters. The lowest BCUT2D eigenvalue weighted by molar-refractivity contribution is -0.152. The number of amides is 2. The van der Waals surface area contributed by atoms with Gasteiger partial charge in [0.15, 0.2) is 12.4 Å². The van der Waals surface area contributed by atoms with Gasteiger partial charge in [-0.2, -0.15) is 0 Å². The van der Waals surface area contributed by atoms with E-state index >= 15 is 0 Å². The molecular weight excluding hydrogens is 474 g/mol. The van der Waals surface area contributed by atoms with E-state index in [-0.39, 0.29) is 47.2 Å². The Bertz CT molecular complexity index is 1080. The molecule has 3 fully saturated rings. The Kier molecular flexibility index (Phi) is 5.45. The summed E-state index contributed by atoms with van der Waals surface area (Å²) < 4.78 is 5.92. The summed E-state index contributed by atoms with van der Waals surface area (Å²) in [4.78, 5) is 51.7. The first-order valence-corrected chi connectivity index (χ1v) is 11.6. The van der Waals surface area contributed by atoms with Gasteiger partial charge in [0.05, 0.1) is 11.8 Å². The Morgan fingerprint density at radius 3 is 2.34 bits per heavy atom. The molecule has 3 aliphatic rings. The van der Waals surface area contributed by atoms with Crippen molar-refractivity contribution in [3.8, 4) is 0 Å². The van der Waals surface area contributed by atoms with Crippen molar-refractivity contribution < 1.29 is 23.9 Å². The molecule has 164 valence electrons. The third-order valence-electron chi connectivity index (χ3n) is 7.15. The van der Waals surface area contributed by atoms with Crippen LogP contribution in [0.3, 0.4) is 0 Å². The maximum atomic E-state index is 13.1. The van der Waals surface area contributed by atoms with Crippen LogP contribution in [0.25, 0.3) is 0 Å². The maximum Gasteiger partial charge on any atom is 0.326 e. The highest BCUT2D eigenvalue weighted by Gasteiger charge is 2.64. The van der Waals surface area contributed by atoms with Gasteiger partial charge >= 0.3 is 5.97 Å². The van der Waals surface area contributed by atoms with Crippen molar-refractivity contribution in [1.29, 1.82) is 0 Å². The molecule has 5 atom stereocenters. The van der Waals surface area contributed by atoms with Crippen LogP contribution in [0, 0.1) is 23.7 Å². The molecule has 2 aromatic carbocycles. The highest BCUT2D eigenvalue weighted by atomic mass is 79.9. The number of ketones is 1. The van der Waals surface area contributed by atoms with Crippen LogP contribution in [0.15, 0.2) is 59.1 Å². The van der Waals surface area contributed by atoms with Crippen molar-refractivity contribution in [2.45, 2.75) is 18.8 Å². The van der Waals surface area contributed by atoms with Crippen molar-refractivity contribution in [3.05, 3.63) is 70.2 Å². The SMILES string of the molecule is O=C(CN1C(=O)[C@@H]2[C@@H]3C[C@@H]([C@@H]2C1=O)[C@@H](c1ccccc1)C3)OCC(=O)c1ccc(Br)cc1. The van der Waals surface area contributed by atoms with Gasteiger partial charge in [0.1, 0.15) is 6.54 Å². The van der Waals surface area contributed by atoms with Crippen molar-refractivity contribution in [3.63, 3.8) is 0 Å². The average molecular weight is 496 g/mol. The van der Waals surface area contributed by atoms with Crippen molar-refractivity contribution in [2.75, 3.05) is 13.2 Å². The fourth-order valence-corrected chi connectivity index (χ4v) is 6.06. The Labute approximate surface area is 194 Å². The molecule has 6 nitrogen and oxygen atoms in total. The number of likely N-dealkylation sites (tertiary alicyclic amines) is 1. The molecule has 2 aromatic rings. The van der Waals surface area contributed by atoms with E-state index in [1.54, 1.807) is 24.3 Å². The molecule has 2 bridgehead atoms. The molecule has 0 N–H and O–H groups in total. The van der Waals surface area contributed by atoms with E-state index in [2.05, 4.69) is 28.1 Å². The minimum absolute atomic E-state index is 0.129. The van der Waals surface area contributed by atoms with Gasteiger partial charge in [0, 0.05) is 10.0 Å². The van der Waals surface area contributed by atoms with Crippen LogP contribution in [0.2, 0.25) is 0 Å². The second-order valence-electron chi connectivity index (χ2n) is 8.82. The molecule has 5 rings (SSSR count). The quantitative estimate of drug-likeness (QED) is 0.347. The van der Waals surface area contributed by atoms with Gasteiger partial charge in [-0.25, -0.2) is 0 Å². The van der Waals surface area contributed by atoms with E-state index in [1.807, 2.05) is 18.2 Å². The van der Waals surface area contributed by atoms with E-state index in [0.29, 0.717) is 5.56 Å². The average Bonchev–Trinajstić information content (AvgIpc) is 3.46. The minimum atomic E-state index is -0.746. The Balaban J connectivity index is 1.22. The zero-order chi connectivity index (χ0) is 22.4. The van der Waals surface area contributed by atoms with Gasteiger partial charge in [0.25, 0.3) is 0 Å². The third-order valence-corrected chi connectivity index (χ3v) is 7.68. The third kappa shape index (κ3) is 3.58. The van der Waals surface area contributed by atoms with Gasteiger partial charge in [-0.05, 0) is 48.3 Å². The number of ether oxygens (including phenoxy) is 1. The molecule has 2 amide bonds. The number of hydrogen-bond donors (Lipinski definition) is 0. The monoisotopic (exact) mass is 495 g/mol. The molecule has 1 aliphatic heterocycles. The van der Waals surface area contributed by atoms with Crippen molar-refractivity contribution in [2.24, 2.45) is 23.7 Å². The number of benzene rings is 2. The summed E-state index contributed by atoms with van der Waals surface area (Å²) in [5.74, 6) is -1.74. The normalized spacial score (nSPS) is 28.2. The van der Waals surface area contributed by atoms with Crippen LogP contribution in [-0.2, 0) is 19.1 Å². The highest BCUT2D eigenvalue weighted by Crippen LogP contribution is 2.61. The number of esters is 1. The number of carbonyl (C=O) groups is 4. The van der Waals surface area contributed by atoms with E-state index in [4.69, 9.17) is 4.74 Å². The summed E-state index contributed by atoms with van der Waals surface area (Å²) >= 11 is 3.30. The predicted octanol–water partition coefficient (Wildman–Crippen LogP) is 3.60. The van der Waals surface area contributed by atoms with Gasteiger partial charge in [-0.3, -0.25) is 24.1 Å².